The van der Waals surface area contributed by atoms with E-state index in [1.54, 1.807) is 6.20 Å². The maximum Gasteiger partial charge on any atom is 0.146 e. The van der Waals surface area contributed by atoms with Crippen LogP contribution >= 0.6 is 0 Å². The van der Waals surface area contributed by atoms with E-state index in [1.165, 1.54) is 0 Å². The lowest BCUT2D eigenvalue weighted by molar-refractivity contribution is 0.467. The Bertz CT molecular complexity index is 479. The summed E-state index contributed by atoms with van der Waals surface area (Å²) < 4.78 is 5.53. The molecular weight excluding hydrogens is 202 g/mol. The predicted molar refractivity (Wildman–Crippen MR) is 64.1 cm³/mol. The second-order valence-corrected chi connectivity index (χ2v) is 3.75. The Balaban J connectivity index is 2.13. The first-order valence-corrected chi connectivity index (χ1v) is 5.20. The molecule has 0 bridgehead atoms. The molecule has 0 fully saturated rings. The lowest BCUT2D eigenvalue weighted by atomic mass is 10.2. The van der Waals surface area contributed by atoms with Gasteiger partial charge < -0.3 is 15.5 Å². The van der Waals surface area contributed by atoms with Crippen molar-refractivity contribution in [1.29, 1.82) is 0 Å². The second-order valence-electron chi connectivity index (χ2n) is 3.75. The summed E-state index contributed by atoms with van der Waals surface area (Å²) in [5, 5.41) is 3.26. The van der Waals surface area contributed by atoms with Crippen molar-refractivity contribution in [2.45, 2.75) is 19.9 Å². The number of furan rings is 1. The van der Waals surface area contributed by atoms with E-state index in [0.717, 1.165) is 17.2 Å². The third-order valence-corrected chi connectivity index (χ3v) is 2.40. The number of hydrogen-bond donors (Lipinski definition) is 2. The SMILES string of the molecule is Cc1ccc(C(C)Nc2cccnc2N)o1. The van der Waals surface area contributed by atoms with Gasteiger partial charge in [-0.2, -0.15) is 0 Å². The molecule has 0 aliphatic carbocycles. The molecule has 16 heavy (non-hydrogen) atoms. The maximum atomic E-state index is 5.75. The molecule has 4 heteroatoms. The zero-order chi connectivity index (χ0) is 11.5. The molecule has 0 aromatic carbocycles. The highest BCUT2D eigenvalue weighted by molar-refractivity contribution is 5.61. The van der Waals surface area contributed by atoms with Crippen LogP contribution < -0.4 is 11.1 Å². The van der Waals surface area contributed by atoms with Gasteiger partial charge in [0.25, 0.3) is 0 Å². The van der Waals surface area contributed by atoms with Crippen LogP contribution in [0, 0.1) is 6.92 Å². The van der Waals surface area contributed by atoms with Crippen molar-refractivity contribution >= 4 is 11.5 Å². The third-order valence-electron chi connectivity index (χ3n) is 2.40. The number of nitrogens with one attached hydrogen (secondary N) is 1. The average Bonchev–Trinajstić information content (AvgIpc) is 2.68. The van der Waals surface area contributed by atoms with Crippen molar-refractivity contribution in [3.8, 4) is 0 Å². The molecule has 0 saturated heterocycles. The lowest BCUT2D eigenvalue weighted by Crippen LogP contribution is -2.08. The molecule has 0 spiro atoms. The molecule has 0 amide bonds. The average molecular weight is 217 g/mol. The van der Waals surface area contributed by atoms with E-state index in [1.807, 2.05) is 38.1 Å². The largest absolute Gasteiger partial charge is 0.464 e. The Hall–Kier alpha value is -1.97. The van der Waals surface area contributed by atoms with Crippen molar-refractivity contribution in [3.63, 3.8) is 0 Å². The lowest BCUT2D eigenvalue weighted by Gasteiger charge is -2.13. The fraction of sp³-hybridized carbons (Fsp3) is 0.250. The summed E-state index contributed by atoms with van der Waals surface area (Å²) in [4.78, 5) is 4.02. The smallest absolute Gasteiger partial charge is 0.146 e. The quantitative estimate of drug-likeness (QED) is 0.829. The summed E-state index contributed by atoms with van der Waals surface area (Å²) in [6.07, 6.45) is 1.67. The van der Waals surface area contributed by atoms with Gasteiger partial charge in [-0.15, -0.1) is 0 Å². The molecule has 2 aromatic heterocycles. The van der Waals surface area contributed by atoms with Gasteiger partial charge >= 0.3 is 0 Å². The number of aromatic nitrogens is 1. The molecule has 4 nitrogen and oxygen atoms in total. The summed E-state index contributed by atoms with van der Waals surface area (Å²) in [6, 6.07) is 7.72. The molecule has 0 radical (unpaired) electrons. The summed E-state index contributed by atoms with van der Waals surface area (Å²) in [5.41, 5.74) is 6.57. The number of aryl methyl sites for hydroxylation is 1. The van der Waals surface area contributed by atoms with E-state index >= 15 is 0 Å². The van der Waals surface area contributed by atoms with Crippen molar-refractivity contribution in [2.24, 2.45) is 0 Å². The first-order valence-electron chi connectivity index (χ1n) is 5.20. The topological polar surface area (TPSA) is 64.1 Å². The molecule has 84 valence electrons. The van der Waals surface area contributed by atoms with Crippen molar-refractivity contribution in [2.75, 3.05) is 11.1 Å². The van der Waals surface area contributed by atoms with Gasteiger partial charge in [-0.3, -0.25) is 0 Å². The maximum absolute atomic E-state index is 5.75. The normalized spacial score (nSPS) is 12.4. The van der Waals surface area contributed by atoms with Crippen LogP contribution in [0.2, 0.25) is 0 Å². The number of anilines is 2. The van der Waals surface area contributed by atoms with Gasteiger partial charge in [-0.05, 0) is 38.1 Å². The number of nitrogen functional groups attached to an aromatic ring is 1. The zero-order valence-electron chi connectivity index (χ0n) is 9.40. The highest BCUT2D eigenvalue weighted by Crippen LogP contribution is 2.23. The Morgan fingerprint density at radius 3 is 2.81 bits per heavy atom. The van der Waals surface area contributed by atoms with Crippen LogP contribution in [0.4, 0.5) is 11.5 Å². The predicted octanol–water partition coefficient (Wildman–Crippen LogP) is 2.74. The Labute approximate surface area is 94.5 Å². The first kappa shape index (κ1) is 10.5. The summed E-state index contributed by atoms with van der Waals surface area (Å²) >= 11 is 0. The fourth-order valence-electron chi connectivity index (χ4n) is 1.53. The molecule has 0 aliphatic rings. The standard InChI is InChI=1S/C12H15N3O/c1-8-5-6-11(16-8)9(2)15-10-4-3-7-14-12(10)13/h3-7,9,15H,1-2H3,(H2,13,14). The van der Waals surface area contributed by atoms with Gasteiger partial charge in [0, 0.05) is 6.20 Å². The van der Waals surface area contributed by atoms with Crippen LogP contribution in [0.25, 0.3) is 0 Å². The van der Waals surface area contributed by atoms with Crippen molar-refractivity contribution in [3.05, 3.63) is 42.0 Å². The number of hydrogen-bond acceptors (Lipinski definition) is 4. The van der Waals surface area contributed by atoms with Crippen LogP contribution in [0.5, 0.6) is 0 Å². The van der Waals surface area contributed by atoms with E-state index in [9.17, 15) is 0 Å². The van der Waals surface area contributed by atoms with Crippen LogP contribution in [0.15, 0.2) is 34.9 Å². The highest BCUT2D eigenvalue weighted by Gasteiger charge is 2.10. The zero-order valence-corrected chi connectivity index (χ0v) is 9.40. The van der Waals surface area contributed by atoms with Crippen LogP contribution in [0.3, 0.4) is 0 Å². The highest BCUT2D eigenvalue weighted by atomic mass is 16.3. The third kappa shape index (κ3) is 2.16. The van der Waals surface area contributed by atoms with Gasteiger partial charge in [-0.25, -0.2) is 4.98 Å². The molecular formula is C12H15N3O. The fourth-order valence-corrected chi connectivity index (χ4v) is 1.53. The molecule has 0 saturated carbocycles. The molecule has 3 N–H and O–H groups in total. The van der Waals surface area contributed by atoms with E-state index < -0.39 is 0 Å². The van der Waals surface area contributed by atoms with Crippen LogP contribution in [0.1, 0.15) is 24.5 Å². The van der Waals surface area contributed by atoms with E-state index in [-0.39, 0.29) is 6.04 Å². The number of pyridine rings is 1. The minimum absolute atomic E-state index is 0.0696. The molecule has 2 aromatic rings. The Kier molecular flexibility index (Phi) is 2.81. The van der Waals surface area contributed by atoms with E-state index in [0.29, 0.717) is 5.82 Å². The van der Waals surface area contributed by atoms with Crippen molar-refractivity contribution < 1.29 is 4.42 Å². The summed E-state index contributed by atoms with van der Waals surface area (Å²) in [5.74, 6) is 2.29. The molecule has 0 aliphatic heterocycles. The van der Waals surface area contributed by atoms with Gasteiger partial charge in [0.2, 0.25) is 0 Å². The first-order chi connectivity index (χ1) is 7.66. The Morgan fingerprint density at radius 2 is 2.19 bits per heavy atom. The van der Waals surface area contributed by atoms with Gasteiger partial charge in [0.05, 0.1) is 11.7 Å². The van der Waals surface area contributed by atoms with Gasteiger partial charge in [0.15, 0.2) is 0 Å². The molecule has 1 atom stereocenters. The van der Waals surface area contributed by atoms with E-state index in [2.05, 4.69) is 10.3 Å². The van der Waals surface area contributed by atoms with Gasteiger partial charge in [0.1, 0.15) is 17.3 Å². The monoisotopic (exact) mass is 217 g/mol. The molecule has 2 heterocycles. The van der Waals surface area contributed by atoms with E-state index in [4.69, 9.17) is 10.2 Å². The van der Waals surface area contributed by atoms with Crippen LogP contribution in [-0.4, -0.2) is 4.98 Å². The van der Waals surface area contributed by atoms with Gasteiger partial charge in [-0.1, -0.05) is 0 Å². The Morgan fingerprint density at radius 1 is 1.38 bits per heavy atom. The molecule has 2 rings (SSSR count). The second kappa shape index (κ2) is 4.26. The van der Waals surface area contributed by atoms with Crippen molar-refractivity contribution in [1.82, 2.24) is 4.98 Å². The summed E-state index contributed by atoms with van der Waals surface area (Å²) in [7, 11) is 0. The van der Waals surface area contributed by atoms with Crippen LogP contribution in [-0.2, 0) is 0 Å². The summed E-state index contributed by atoms with van der Waals surface area (Å²) in [6.45, 7) is 3.94. The number of rotatable bonds is 3. The number of nitrogens with two attached hydrogens (primary N) is 1. The number of nitrogens with zero attached hydrogens (tertiary/aromatic N) is 1. The minimum atomic E-state index is 0.0696. The minimum Gasteiger partial charge on any atom is -0.464 e. The molecule has 1 unspecified atom stereocenters.